The van der Waals surface area contributed by atoms with E-state index in [1.54, 1.807) is 16.8 Å². The van der Waals surface area contributed by atoms with Gasteiger partial charge in [-0.1, -0.05) is 18.0 Å². The zero-order valence-corrected chi connectivity index (χ0v) is 11.9. The van der Waals surface area contributed by atoms with Crippen LogP contribution in [-0.4, -0.2) is 23.1 Å². The Morgan fingerprint density at radius 2 is 2.33 bits per heavy atom. The summed E-state index contributed by atoms with van der Waals surface area (Å²) in [5.74, 6) is 0.347. The smallest absolute Gasteiger partial charge is 0.268 e. The van der Waals surface area contributed by atoms with E-state index in [1.807, 2.05) is 7.05 Å². The summed E-state index contributed by atoms with van der Waals surface area (Å²) >= 11 is 5.86. The van der Waals surface area contributed by atoms with Crippen molar-refractivity contribution in [2.45, 2.75) is 25.3 Å². The molecule has 2 unspecified atom stereocenters. The highest BCUT2D eigenvalue weighted by atomic mass is 35.5. The van der Waals surface area contributed by atoms with E-state index < -0.39 is 0 Å². The second-order valence-corrected chi connectivity index (χ2v) is 5.10. The van der Waals surface area contributed by atoms with Crippen LogP contribution in [0.25, 0.3) is 0 Å². The van der Waals surface area contributed by atoms with Gasteiger partial charge in [-0.3, -0.25) is 4.79 Å². The number of carbonyl (C=O) groups is 1. The van der Waals surface area contributed by atoms with Crippen LogP contribution in [0.5, 0.6) is 0 Å². The number of nitrogens with two attached hydrogens (primary N) is 1. The molecule has 3 N–H and O–H groups in total. The number of amides is 1. The molecule has 0 saturated heterocycles. The maximum Gasteiger partial charge on any atom is 0.268 e. The summed E-state index contributed by atoms with van der Waals surface area (Å²) in [6.07, 6.45) is 4.99. The number of hydrogen-bond acceptors (Lipinski definition) is 2. The molecule has 4 nitrogen and oxygen atoms in total. The van der Waals surface area contributed by atoms with Crippen molar-refractivity contribution in [1.82, 2.24) is 9.88 Å². The first kappa shape index (κ1) is 15.3. The maximum absolute atomic E-state index is 12.1. The first-order valence-electron chi connectivity index (χ1n) is 5.94. The number of hydrogen-bond donors (Lipinski definition) is 2. The highest BCUT2D eigenvalue weighted by molar-refractivity contribution is 6.31. The maximum atomic E-state index is 12.1. The second-order valence-electron chi connectivity index (χ2n) is 4.66. The van der Waals surface area contributed by atoms with Crippen molar-refractivity contribution in [3.63, 3.8) is 0 Å². The van der Waals surface area contributed by atoms with Gasteiger partial charge in [0.05, 0.1) is 5.02 Å². The molecular formula is C12H19Cl2N3O. The zero-order chi connectivity index (χ0) is 12.4. The molecule has 1 fully saturated rings. The average molecular weight is 292 g/mol. The Morgan fingerprint density at radius 1 is 1.61 bits per heavy atom. The SMILES string of the molecule is Cl.Cn1cc(Cl)cc1C(=O)NC1CCCC1CN. The first-order chi connectivity index (χ1) is 8.11. The lowest BCUT2D eigenvalue weighted by molar-refractivity contribution is 0.0920. The van der Waals surface area contributed by atoms with E-state index >= 15 is 0 Å². The van der Waals surface area contributed by atoms with Gasteiger partial charge in [0.15, 0.2) is 0 Å². The van der Waals surface area contributed by atoms with Crippen molar-refractivity contribution in [2.24, 2.45) is 18.7 Å². The van der Waals surface area contributed by atoms with E-state index in [0.717, 1.165) is 19.3 Å². The van der Waals surface area contributed by atoms with Gasteiger partial charge in [-0.05, 0) is 31.4 Å². The van der Waals surface area contributed by atoms with Gasteiger partial charge in [0.2, 0.25) is 0 Å². The molecule has 1 heterocycles. The van der Waals surface area contributed by atoms with Crippen LogP contribution in [0.3, 0.4) is 0 Å². The number of aromatic nitrogens is 1. The minimum Gasteiger partial charge on any atom is -0.348 e. The van der Waals surface area contributed by atoms with Gasteiger partial charge in [0, 0.05) is 19.3 Å². The van der Waals surface area contributed by atoms with Crippen LogP contribution in [0.1, 0.15) is 29.8 Å². The summed E-state index contributed by atoms with van der Waals surface area (Å²) in [5, 5.41) is 3.63. The Kier molecular flexibility index (Phi) is 5.50. The Balaban J connectivity index is 0.00000162. The van der Waals surface area contributed by atoms with Crippen molar-refractivity contribution in [1.29, 1.82) is 0 Å². The quantitative estimate of drug-likeness (QED) is 0.894. The van der Waals surface area contributed by atoms with Crippen molar-refractivity contribution >= 4 is 29.9 Å². The van der Waals surface area contributed by atoms with Crippen molar-refractivity contribution in [3.8, 4) is 0 Å². The van der Waals surface area contributed by atoms with Gasteiger partial charge in [-0.2, -0.15) is 0 Å². The minimum absolute atomic E-state index is 0. The molecule has 1 saturated carbocycles. The monoisotopic (exact) mass is 291 g/mol. The fourth-order valence-corrected chi connectivity index (χ4v) is 2.75. The standard InChI is InChI=1S/C12H18ClN3O.ClH/c1-16-7-9(13)5-11(16)12(17)15-10-4-2-3-8(10)6-14;/h5,7-8,10H,2-4,6,14H2,1H3,(H,15,17);1H. The van der Waals surface area contributed by atoms with Gasteiger partial charge in [-0.25, -0.2) is 0 Å². The number of carbonyl (C=O) groups excluding carboxylic acids is 1. The molecule has 0 bridgehead atoms. The third-order valence-electron chi connectivity index (χ3n) is 3.48. The highest BCUT2D eigenvalue weighted by Gasteiger charge is 2.28. The van der Waals surface area contributed by atoms with Crippen LogP contribution in [-0.2, 0) is 7.05 Å². The van der Waals surface area contributed by atoms with Crippen molar-refractivity contribution in [2.75, 3.05) is 6.54 Å². The molecular weight excluding hydrogens is 273 g/mol. The lowest BCUT2D eigenvalue weighted by atomic mass is 10.0. The third kappa shape index (κ3) is 3.19. The van der Waals surface area contributed by atoms with Crippen LogP contribution in [0.2, 0.25) is 5.02 Å². The molecule has 18 heavy (non-hydrogen) atoms. The molecule has 0 aromatic carbocycles. The number of nitrogens with zero attached hydrogens (tertiary/aromatic N) is 1. The topological polar surface area (TPSA) is 60.0 Å². The van der Waals surface area contributed by atoms with Crippen LogP contribution in [0.15, 0.2) is 12.3 Å². The van der Waals surface area contributed by atoms with Crippen LogP contribution in [0, 0.1) is 5.92 Å². The molecule has 6 heteroatoms. The number of rotatable bonds is 3. The van der Waals surface area contributed by atoms with Gasteiger partial charge in [0.25, 0.3) is 5.91 Å². The van der Waals surface area contributed by atoms with Crippen LogP contribution >= 0.6 is 24.0 Å². The van der Waals surface area contributed by atoms with Gasteiger partial charge >= 0.3 is 0 Å². The van der Waals surface area contributed by atoms with E-state index in [-0.39, 0.29) is 24.4 Å². The van der Waals surface area contributed by atoms with Gasteiger partial charge in [0.1, 0.15) is 5.69 Å². The molecule has 2 rings (SSSR count). The van der Waals surface area contributed by atoms with E-state index in [4.69, 9.17) is 17.3 Å². The van der Waals surface area contributed by atoms with Crippen molar-refractivity contribution in [3.05, 3.63) is 23.0 Å². The molecule has 0 spiro atoms. The predicted molar refractivity (Wildman–Crippen MR) is 75.3 cm³/mol. The molecule has 1 amide bonds. The lowest BCUT2D eigenvalue weighted by Gasteiger charge is -2.19. The first-order valence-corrected chi connectivity index (χ1v) is 6.32. The van der Waals surface area contributed by atoms with E-state index in [2.05, 4.69) is 5.32 Å². The average Bonchev–Trinajstić information content (AvgIpc) is 2.84. The molecule has 1 aliphatic rings. The van der Waals surface area contributed by atoms with E-state index in [0.29, 0.717) is 23.2 Å². The number of aryl methyl sites for hydroxylation is 1. The minimum atomic E-state index is -0.0650. The fourth-order valence-electron chi connectivity index (χ4n) is 2.50. The molecule has 1 aromatic heterocycles. The van der Waals surface area contributed by atoms with Crippen LogP contribution in [0.4, 0.5) is 0 Å². The normalized spacial score (nSPS) is 22.6. The third-order valence-corrected chi connectivity index (χ3v) is 3.69. The summed E-state index contributed by atoms with van der Waals surface area (Å²) in [7, 11) is 1.82. The lowest BCUT2D eigenvalue weighted by Crippen LogP contribution is -2.40. The molecule has 1 aromatic rings. The molecule has 0 radical (unpaired) electrons. The van der Waals surface area contributed by atoms with Crippen molar-refractivity contribution < 1.29 is 4.79 Å². The fraction of sp³-hybridized carbons (Fsp3) is 0.583. The highest BCUT2D eigenvalue weighted by Crippen LogP contribution is 2.25. The zero-order valence-electron chi connectivity index (χ0n) is 10.4. The van der Waals surface area contributed by atoms with Gasteiger partial charge < -0.3 is 15.6 Å². The Morgan fingerprint density at radius 3 is 2.89 bits per heavy atom. The summed E-state index contributed by atoms with van der Waals surface area (Å²) in [6.45, 7) is 0.638. The summed E-state index contributed by atoms with van der Waals surface area (Å²) in [4.78, 5) is 12.1. The summed E-state index contributed by atoms with van der Waals surface area (Å²) in [6, 6.07) is 1.89. The number of halogens is 2. The Hall–Kier alpha value is -0.710. The largest absolute Gasteiger partial charge is 0.348 e. The van der Waals surface area contributed by atoms with E-state index in [9.17, 15) is 4.79 Å². The summed E-state index contributed by atoms with van der Waals surface area (Å²) in [5.41, 5.74) is 6.29. The summed E-state index contributed by atoms with van der Waals surface area (Å²) < 4.78 is 1.74. The molecule has 2 atom stereocenters. The van der Waals surface area contributed by atoms with Crippen LogP contribution < -0.4 is 11.1 Å². The molecule has 1 aliphatic carbocycles. The van der Waals surface area contributed by atoms with Gasteiger partial charge in [-0.15, -0.1) is 12.4 Å². The number of nitrogens with one attached hydrogen (secondary N) is 1. The molecule has 0 aliphatic heterocycles. The second kappa shape index (κ2) is 6.45. The Bertz CT molecular complexity index is 419. The van der Waals surface area contributed by atoms with E-state index in [1.165, 1.54) is 0 Å². The Labute approximate surface area is 118 Å². The molecule has 102 valence electrons. The predicted octanol–water partition coefficient (Wildman–Crippen LogP) is 1.96.